The van der Waals surface area contributed by atoms with Gasteiger partial charge in [0.1, 0.15) is 0 Å². The van der Waals surface area contributed by atoms with Crippen LogP contribution < -0.4 is 5.32 Å². The topological polar surface area (TPSA) is 32.3 Å². The lowest BCUT2D eigenvalue weighted by Gasteiger charge is -2.32. The summed E-state index contributed by atoms with van der Waals surface area (Å²) in [6.45, 7) is 12.4. The summed E-state index contributed by atoms with van der Waals surface area (Å²) >= 11 is 0. The van der Waals surface area contributed by atoms with E-state index in [-0.39, 0.29) is 5.92 Å². The molecule has 17 heavy (non-hydrogen) atoms. The molecule has 0 radical (unpaired) electrons. The summed E-state index contributed by atoms with van der Waals surface area (Å²) in [5.41, 5.74) is 0. The van der Waals surface area contributed by atoms with Gasteiger partial charge in [0.25, 0.3) is 0 Å². The van der Waals surface area contributed by atoms with E-state index in [9.17, 15) is 4.79 Å². The number of rotatable bonds is 5. The molecule has 0 aromatic rings. The Balaban J connectivity index is 2.56. The molecule has 0 saturated carbocycles. The van der Waals surface area contributed by atoms with Gasteiger partial charge in [-0.15, -0.1) is 0 Å². The fourth-order valence-corrected chi connectivity index (χ4v) is 2.46. The Morgan fingerprint density at radius 2 is 1.82 bits per heavy atom. The molecule has 1 aliphatic rings. The van der Waals surface area contributed by atoms with Crippen molar-refractivity contribution >= 4 is 5.91 Å². The minimum Gasteiger partial charge on any atom is -0.342 e. The van der Waals surface area contributed by atoms with E-state index in [0.717, 1.165) is 39.0 Å². The molecule has 3 heteroatoms. The SMILES string of the molecule is CC(C)CN(CC(C)C)C(=O)[C@@H]1CCCNC1. The first-order valence-corrected chi connectivity index (χ1v) is 7.00. The molecule has 3 nitrogen and oxygen atoms in total. The molecule has 0 aliphatic carbocycles. The highest BCUT2D eigenvalue weighted by Crippen LogP contribution is 2.15. The Morgan fingerprint density at radius 3 is 2.24 bits per heavy atom. The van der Waals surface area contributed by atoms with Gasteiger partial charge in [-0.3, -0.25) is 4.79 Å². The summed E-state index contributed by atoms with van der Waals surface area (Å²) in [6.07, 6.45) is 2.19. The second-order valence-electron chi connectivity index (χ2n) is 6.07. The number of nitrogens with zero attached hydrogens (tertiary/aromatic N) is 1. The lowest BCUT2D eigenvalue weighted by molar-refractivity contribution is -0.137. The lowest BCUT2D eigenvalue weighted by Crippen LogP contribution is -2.45. The molecule has 1 atom stereocenters. The Hall–Kier alpha value is -0.570. The first-order valence-electron chi connectivity index (χ1n) is 7.00. The van der Waals surface area contributed by atoms with E-state index in [2.05, 4.69) is 37.9 Å². The van der Waals surface area contributed by atoms with Crippen LogP contribution in [0.5, 0.6) is 0 Å². The summed E-state index contributed by atoms with van der Waals surface area (Å²) in [5.74, 6) is 1.67. The van der Waals surface area contributed by atoms with E-state index < -0.39 is 0 Å². The zero-order valence-corrected chi connectivity index (χ0v) is 11.8. The molecule has 1 rings (SSSR count). The van der Waals surface area contributed by atoms with E-state index in [4.69, 9.17) is 0 Å². The van der Waals surface area contributed by atoms with Gasteiger partial charge in [0.15, 0.2) is 0 Å². The van der Waals surface area contributed by atoms with Gasteiger partial charge in [-0.05, 0) is 31.2 Å². The minimum absolute atomic E-state index is 0.209. The molecule has 0 spiro atoms. The van der Waals surface area contributed by atoms with Crippen LogP contribution in [0.3, 0.4) is 0 Å². The highest BCUT2D eigenvalue weighted by atomic mass is 16.2. The number of piperidine rings is 1. The van der Waals surface area contributed by atoms with Gasteiger partial charge in [-0.25, -0.2) is 0 Å². The first kappa shape index (κ1) is 14.5. The third kappa shape index (κ3) is 5.07. The summed E-state index contributed by atoms with van der Waals surface area (Å²) in [4.78, 5) is 14.5. The predicted molar refractivity (Wildman–Crippen MR) is 71.8 cm³/mol. The zero-order chi connectivity index (χ0) is 12.8. The van der Waals surface area contributed by atoms with Crippen LogP contribution in [0.1, 0.15) is 40.5 Å². The highest BCUT2D eigenvalue weighted by Gasteiger charge is 2.26. The van der Waals surface area contributed by atoms with Crippen molar-refractivity contribution in [1.29, 1.82) is 0 Å². The molecule has 0 unspecified atom stereocenters. The number of carbonyl (C=O) groups is 1. The molecule has 0 bridgehead atoms. The molecular formula is C14H28N2O. The van der Waals surface area contributed by atoms with Crippen LogP contribution in [-0.4, -0.2) is 37.0 Å². The third-order valence-electron chi connectivity index (χ3n) is 3.13. The van der Waals surface area contributed by atoms with Crippen molar-refractivity contribution in [3.05, 3.63) is 0 Å². The van der Waals surface area contributed by atoms with Crippen molar-refractivity contribution in [1.82, 2.24) is 10.2 Å². The molecule has 1 saturated heterocycles. The maximum atomic E-state index is 12.5. The van der Waals surface area contributed by atoms with Crippen molar-refractivity contribution in [2.24, 2.45) is 17.8 Å². The van der Waals surface area contributed by atoms with Crippen molar-refractivity contribution in [3.8, 4) is 0 Å². The number of amides is 1. The minimum atomic E-state index is 0.209. The number of nitrogens with one attached hydrogen (secondary N) is 1. The summed E-state index contributed by atoms with van der Waals surface area (Å²) < 4.78 is 0. The van der Waals surface area contributed by atoms with Crippen molar-refractivity contribution in [3.63, 3.8) is 0 Å². The van der Waals surface area contributed by atoms with Crippen LogP contribution in [0.2, 0.25) is 0 Å². The summed E-state index contributed by atoms with van der Waals surface area (Å²) in [5, 5.41) is 3.33. The fourth-order valence-electron chi connectivity index (χ4n) is 2.46. The van der Waals surface area contributed by atoms with Crippen LogP contribution in [0.4, 0.5) is 0 Å². The number of hydrogen-bond donors (Lipinski definition) is 1. The summed E-state index contributed by atoms with van der Waals surface area (Å²) in [7, 11) is 0. The molecule has 100 valence electrons. The van der Waals surface area contributed by atoms with Crippen molar-refractivity contribution < 1.29 is 4.79 Å². The Labute approximate surface area is 106 Å². The average molecular weight is 240 g/mol. The van der Waals surface area contributed by atoms with Crippen molar-refractivity contribution in [2.45, 2.75) is 40.5 Å². The second kappa shape index (κ2) is 7.00. The van der Waals surface area contributed by atoms with Gasteiger partial charge in [0.05, 0.1) is 5.92 Å². The van der Waals surface area contributed by atoms with Gasteiger partial charge < -0.3 is 10.2 Å². The quantitative estimate of drug-likeness (QED) is 0.798. The van der Waals surface area contributed by atoms with E-state index in [1.54, 1.807) is 0 Å². The second-order valence-corrected chi connectivity index (χ2v) is 6.07. The molecule has 1 amide bonds. The number of hydrogen-bond acceptors (Lipinski definition) is 2. The normalized spacial score (nSPS) is 20.9. The summed E-state index contributed by atoms with van der Waals surface area (Å²) in [6, 6.07) is 0. The number of carbonyl (C=O) groups excluding carboxylic acids is 1. The van der Waals surface area contributed by atoms with Crippen LogP contribution in [0.15, 0.2) is 0 Å². The van der Waals surface area contributed by atoms with Crippen molar-refractivity contribution in [2.75, 3.05) is 26.2 Å². The maximum absolute atomic E-state index is 12.5. The Kier molecular flexibility index (Phi) is 5.96. The van der Waals surface area contributed by atoms with E-state index in [1.165, 1.54) is 0 Å². The largest absolute Gasteiger partial charge is 0.342 e. The smallest absolute Gasteiger partial charge is 0.226 e. The molecular weight excluding hydrogens is 212 g/mol. The molecule has 0 aromatic heterocycles. The monoisotopic (exact) mass is 240 g/mol. The third-order valence-corrected chi connectivity index (χ3v) is 3.13. The van der Waals surface area contributed by atoms with E-state index in [0.29, 0.717) is 17.7 Å². The zero-order valence-electron chi connectivity index (χ0n) is 11.8. The van der Waals surface area contributed by atoms with Gasteiger partial charge in [-0.1, -0.05) is 27.7 Å². The predicted octanol–water partition coefficient (Wildman–Crippen LogP) is 2.13. The molecule has 1 heterocycles. The maximum Gasteiger partial charge on any atom is 0.226 e. The van der Waals surface area contributed by atoms with E-state index in [1.807, 2.05) is 0 Å². The molecule has 1 fully saturated rings. The Morgan fingerprint density at radius 1 is 1.24 bits per heavy atom. The van der Waals surface area contributed by atoms with Crippen LogP contribution >= 0.6 is 0 Å². The van der Waals surface area contributed by atoms with Crippen LogP contribution in [0.25, 0.3) is 0 Å². The molecule has 0 aromatic carbocycles. The van der Waals surface area contributed by atoms with Gasteiger partial charge in [0, 0.05) is 19.6 Å². The van der Waals surface area contributed by atoms with Crippen LogP contribution in [0, 0.1) is 17.8 Å². The fraction of sp³-hybridized carbons (Fsp3) is 0.929. The van der Waals surface area contributed by atoms with Gasteiger partial charge >= 0.3 is 0 Å². The Bertz CT molecular complexity index is 222. The van der Waals surface area contributed by atoms with Gasteiger partial charge in [-0.2, -0.15) is 0 Å². The highest BCUT2D eigenvalue weighted by molar-refractivity contribution is 5.79. The lowest BCUT2D eigenvalue weighted by atomic mass is 9.97. The molecule has 1 N–H and O–H groups in total. The van der Waals surface area contributed by atoms with E-state index >= 15 is 0 Å². The average Bonchev–Trinajstić information content (AvgIpc) is 2.27. The standard InChI is InChI=1S/C14H28N2O/c1-11(2)9-16(10-12(3)4)14(17)13-6-5-7-15-8-13/h11-13,15H,5-10H2,1-4H3/t13-/m1/s1. The van der Waals surface area contributed by atoms with Crippen LogP contribution in [-0.2, 0) is 4.79 Å². The van der Waals surface area contributed by atoms with Gasteiger partial charge in [0.2, 0.25) is 5.91 Å². The first-order chi connectivity index (χ1) is 8.00. The molecule has 1 aliphatic heterocycles.